The number of esters is 1. The molecule has 1 aromatic carbocycles. The number of hydrogen-bond donors (Lipinski definition) is 0. The third-order valence-corrected chi connectivity index (χ3v) is 4.16. The summed E-state index contributed by atoms with van der Waals surface area (Å²) in [6, 6.07) is 10.7. The molecule has 0 atom stereocenters. The maximum Gasteiger partial charge on any atom is 0.338 e. The summed E-state index contributed by atoms with van der Waals surface area (Å²) in [6.07, 6.45) is 3.40. The molecule has 5 nitrogen and oxygen atoms in total. The van der Waals surface area contributed by atoms with Gasteiger partial charge in [0.2, 0.25) is 0 Å². The zero-order valence-electron chi connectivity index (χ0n) is 14.8. The Labute approximate surface area is 159 Å². The molecule has 0 aliphatic heterocycles. The minimum Gasteiger partial charge on any atom is -0.456 e. The Balaban J connectivity index is 1.83. The number of carbonyl (C=O) groups is 1. The Bertz CT molecular complexity index is 1020. The fraction of sp³-hybridized carbons (Fsp3) is 0.250. The maximum absolute atomic E-state index is 12.6. The van der Waals surface area contributed by atoms with E-state index in [-0.39, 0.29) is 11.5 Å². The van der Waals surface area contributed by atoms with Crippen molar-refractivity contribution in [3.05, 3.63) is 74.7 Å². The second kappa shape index (κ2) is 7.03. The van der Waals surface area contributed by atoms with Crippen LogP contribution in [-0.4, -0.2) is 21.1 Å². The quantitative estimate of drug-likeness (QED) is 0.603. The molecule has 0 bridgehead atoms. The third kappa shape index (κ3) is 4.19. The van der Waals surface area contributed by atoms with Gasteiger partial charge in [-0.2, -0.15) is 0 Å². The number of aromatic nitrogens is 2. The summed E-state index contributed by atoms with van der Waals surface area (Å²) >= 11 is 3.35. The smallest absolute Gasteiger partial charge is 0.338 e. The molecule has 0 saturated carbocycles. The predicted molar refractivity (Wildman–Crippen MR) is 104 cm³/mol. The lowest BCUT2D eigenvalue weighted by Crippen LogP contribution is -2.24. The largest absolute Gasteiger partial charge is 0.456 e. The van der Waals surface area contributed by atoms with E-state index in [4.69, 9.17) is 4.74 Å². The Morgan fingerprint density at radius 3 is 2.54 bits per heavy atom. The van der Waals surface area contributed by atoms with Gasteiger partial charge in [0.25, 0.3) is 5.56 Å². The fourth-order valence-corrected chi connectivity index (χ4v) is 2.87. The number of nitrogens with zero attached hydrogens (tertiary/aromatic N) is 2. The van der Waals surface area contributed by atoms with Crippen LogP contribution < -0.4 is 5.56 Å². The Kier molecular flexibility index (Phi) is 4.96. The second-order valence-electron chi connectivity index (χ2n) is 7.03. The summed E-state index contributed by atoms with van der Waals surface area (Å²) in [5, 5.41) is 0.562. The molecule has 0 fully saturated rings. The van der Waals surface area contributed by atoms with Crippen molar-refractivity contribution in [1.29, 1.82) is 0 Å². The number of hydrogen-bond acceptors (Lipinski definition) is 4. The van der Waals surface area contributed by atoms with E-state index in [1.54, 1.807) is 35.2 Å². The van der Waals surface area contributed by atoms with Crippen LogP contribution in [0.4, 0.5) is 0 Å². The molecular formula is C20H19BrN2O3. The molecule has 0 aliphatic rings. The first-order valence-corrected chi connectivity index (χ1v) is 8.99. The van der Waals surface area contributed by atoms with Crippen LogP contribution in [0.25, 0.3) is 10.9 Å². The van der Waals surface area contributed by atoms with Gasteiger partial charge in [-0.05, 0) is 66.5 Å². The summed E-state index contributed by atoms with van der Waals surface area (Å²) in [4.78, 5) is 29.0. The second-order valence-corrected chi connectivity index (χ2v) is 7.95. The lowest BCUT2D eigenvalue weighted by atomic mass is 10.1. The van der Waals surface area contributed by atoms with Crippen LogP contribution in [0.15, 0.2) is 58.1 Å². The van der Waals surface area contributed by atoms with Crippen molar-refractivity contribution in [2.24, 2.45) is 0 Å². The molecule has 0 N–H and O–H groups in total. The van der Waals surface area contributed by atoms with Crippen LogP contribution >= 0.6 is 15.9 Å². The van der Waals surface area contributed by atoms with Gasteiger partial charge in [0.15, 0.2) is 0 Å². The molecule has 2 heterocycles. The van der Waals surface area contributed by atoms with Gasteiger partial charge in [0.1, 0.15) is 5.60 Å². The molecule has 3 aromatic rings. The van der Waals surface area contributed by atoms with Gasteiger partial charge in [-0.25, -0.2) is 4.79 Å². The van der Waals surface area contributed by atoms with E-state index in [9.17, 15) is 9.59 Å². The number of benzene rings is 1. The maximum atomic E-state index is 12.6. The molecule has 26 heavy (non-hydrogen) atoms. The number of ether oxygens (including phenoxy) is 1. The SMILES string of the molecule is CC(C)(C)OC(=O)c1ccc(Cn2ccc3ncc(Br)cc3c2=O)cc1. The van der Waals surface area contributed by atoms with Crippen molar-refractivity contribution in [1.82, 2.24) is 9.55 Å². The van der Waals surface area contributed by atoms with E-state index in [1.165, 1.54) is 0 Å². The molecule has 134 valence electrons. The highest BCUT2D eigenvalue weighted by atomic mass is 79.9. The molecule has 2 aromatic heterocycles. The van der Waals surface area contributed by atoms with Crippen molar-refractivity contribution >= 4 is 32.8 Å². The summed E-state index contributed by atoms with van der Waals surface area (Å²) in [6.45, 7) is 5.91. The van der Waals surface area contributed by atoms with Crippen LogP contribution in [0.2, 0.25) is 0 Å². The van der Waals surface area contributed by atoms with Gasteiger partial charge in [-0.1, -0.05) is 12.1 Å². The molecule has 0 unspecified atom stereocenters. The van der Waals surface area contributed by atoms with E-state index in [2.05, 4.69) is 20.9 Å². The number of rotatable bonds is 3. The normalized spacial score (nSPS) is 11.5. The molecule has 0 amide bonds. The first kappa shape index (κ1) is 18.3. The Hall–Kier alpha value is -2.47. The molecule has 3 rings (SSSR count). The summed E-state index contributed by atoms with van der Waals surface area (Å²) in [7, 11) is 0. The van der Waals surface area contributed by atoms with Gasteiger partial charge in [-0.15, -0.1) is 0 Å². The van der Waals surface area contributed by atoms with Gasteiger partial charge < -0.3 is 9.30 Å². The summed E-state index contributed by atoms with van der Waals surface area (Å²) in [5.74, 6) is -0.358. The van der Waals surface area contributed by atoms with E-state index < -0.39 is 5.60 Å². The lowest BCUT2D eigenvalue weighted by Gasteiger charge is -2.19. The first-order chi connectivity index (χ1) is 12.2. The predicted octanol–water partition coefficient (Wildman–Crippen LogP) is 4.16. The first-order valence-electron chi connectivity index (χ1n) is 8.20. The third-order valence-electron chi connectivity index (χ3n) is 3.73. The average Bonchev–Trinajstić information content (AvgIpc) is 2.57. The van der Waals surface area contributed by atoms with Crippen molar-refractivity contribution in [3.63, 3.8) is 0 Å². The number of halogens is 1. The van der Waals surface area contributed by atoms with E-state index in [0.717, 1.165) is 10.0 Å². The highest BCUT2D eigenvalue weighted by molar-refractivity contribution is 9.10. The van der Waals surface area contributed by atoms with Gasteiger partial charge in [0, 0.05) is 16.9 Å². The standard InChI is InChI=1S/C20H19BrN2O3/c1-20(2,3)26-19(25)14-6-4-13(5-7-14)12-23-9-8-17-16(18(23)24)10-15(21)11-22-17/h4-11H,12H2,1-3H3. The zero-order chi connectivity index (χ0) is 18.9. The number of fused-ring (bicyclic) bond motifs is 1. The number of carbonyl (C=O) groups excluding carboxylic acids is 1. The van der Waals surface area contributed by atoms with Crippen molar-refractivity contribution < 1.29 is 9.53 Å². The topological polar surface area (TPSA) is 61.2 Å². The molecule has 0 saturated heterocycles. The van der Waals surface area contributed by atoms with E-state index >= 15 is 0 Å². The summed E-state index contributed by atoms with van der Waals surface area (Å²) < 4.78 is 7.74. The molecular weight excluding hydrogens is 396 g/mol. The number of pyridine rings is 2. The minimum absolute atomic E-state index is 0.104. The van der Waals surface area contributed by atoms with Crippen LogP contribution in [-0.2, 0) is 11.3 Å². The van der Waals surface area contributed by atoms with E-state index in [0.29, 0.717) is 23.0 Å². The van der Waals surface area contributed by atoms with Crippen LogP contribution in [0.3, 0.4) is 0 Å². The molecule has 0 spiro atoms. The molecule has 6 heteroatoms. The molecule has 0 radical (unpaired) electrons. The average molecular weight is 415 g/mol. The Morgan fingerprint density at radius 2 is 1.88 bits per heavy atom. The highest BCUT2D eigenvalue weighted by Gasteiger charge is 2.17. The van der Waals surface area contributed by atoms with Crippen molar-refractivity contribution in [2.45, 2.75) is 32.9 Å². The fourth-order valence-electron chi connectivity index (χ4n) is 2.54. The van der Waals surface area contributed by atoms with Crippen LogP contribution in [0, 0.1) is 0 Å². The zero-order valence-corrected chi connectivity index (χ0v) is 16.4. The molecule has 0 aliphatic carbocycles. The van der Waals surface area contributed by atoms with Crippen LogP contribution in [0.5, 0.6) is 0 Å². The van der Waals surface area contributed by atoms with Gasteiger partial charge in [-0.3, -0.25) is 9.78 Å². The monoisotopic (exact) mass is 414 g/mol. The lowest BCUT2D eigenvalue weighted by molar-refractivity contribution is 0.00695. The minimum atomic E-state index is -0.531. The van der Waals surface area contributed by atoms with Gasteiger partial charge >= 0.3 is 5.97 Å². The highest BCUT2D eigenvalue weighted by Crippen LogP contribution is 2.15. The van der Waals surface area contributed by atoms with Crippen molar-refractivity contribution in [2.75, 3.05) is 0 Å². The van der Waals surface area contributed by atoms with Gasteiger partial charge in [0.05, 0.1) is 23.0 Å². The van der Waals surface area contributed by atoms with Crippen molar-refractivity contribution in [3.8, 4) is 0 Å². The van der Waals surface area contributed by atoms with Crippen LogP contribution in [0.1, 0.15) is 36.7 Å². The Morgan fingerprint density at radius 1 is 1.19 bits per heavy atom. The van der Waals surface area contributed by atoms with E-state index in [1.807, 2.05) is 39.0 Å². The summed E-state index contributed by atoms with van der Waals surface area (Å²) in [5.41, 5.74) is 1.43.